The Morgan fingerprint density at radius 1 is 1.21 bits per heavy atom. The molecule has 2 aromatic rings. The SMILES string of the molecule is CCCNCc1occc1-c1c(F)ccc(C)c1F. The van der Waals surface area contributed by atoms with E-state index in [1.54, 1.807) is 13.0 Å². The highest BCUT2D eigenvalue weighted by Gasteiger charge is 2.18. The Bertz CT molecular complexity index is 563. The molecule has 0 atom stereocenters. The summed E-state index contributed by atoms with van der Waals surface area (Å²) in [6.45, 7) is 4.96. The summed E-state index contributed by atoms with van der Waals surface area (Å²) in [6, 6.07) is 4.32. The van der Waals surface area contributed by atoms with Gasteiger partial charge < -0.3 is 9.73 Å². The van der Waals surface area contributed by atoms with Gasteiger partial charge in [0.05, 0.1) is 18.4 Å². The number of halogens is 2. The zero-order chi connectivity index (χ0) is 13.8. The lowest BCUT2D eigenvalue weighted by Gasteiger charge is -2.08. The molecule has 2 rings (SSSR count). The van der Waals surface area contributed by atoms with Crippen LogP contribution in [0.4, 0.5) is 8.78 Å². The Balaban J connectivity index is 2.37. The molecular formula is C15H17F2NO. The van der Waals surface area contributed by atoms with E-state index >= 15 is 0 Å². The molecule has 0 saturated carbocycles. The van der Waals surface area contributed by atoms with Crippen LogP contribution in [0, 0.1) is 18.6 Å². The smallest absolute Gasteiger partial charge is 0.137 e. The maximum absolute atomic E-state index is 14.1. The minimum Gasteiger partial charge on any atom is -0.467 e. The van der Waals surface area contributed by atoms with E-state index in [-0.39, 0.29) is 5.56 Å². The van der Waals surface area contributed by atoms with Gasteiger partial charge in [0.15, 0.2) is 0 Å². The van der Waals surface area contributed by atoms with Crippen molar-refractivity contribution in [1.29, 1.82) is 0 Å². The molecule has 0 saturated heterocycles. The molecule has 19 heavy (non-hydrogen) atoms. The summed E-state index contributed by atoms with van der Waals surface area (Å²) in [7, 11) is 0. The fraction of sp³-hybridized carbons (Fsp3) is 0.333. The lowest BCUT2D eigenvalue weighted by molar-refractivity contribution is 0.483. The predicted octanol–water partition coefficient (Wildman–Crippen LogP) is 4.03. The zero-order valence-corrected chi connectivity index (χ0v) is 11.1. The van der Waals surface area contributed by atoms with Gasteiger partial charge in [-0.15, -0.1) is 0 Å². The second-order valence-electron chi connectivity index (χ2n) is 4.49. The van der Waals surface area contributed by atoms with Crippen molar-refractivity contribution in [3.63, 3.8) is 0 Å². The summed E-state index contributed by atoms with van der Waals surface area (Å²) in [5, 5.41) is 3.16. The first-order valence-electron chi connectivity index (χ1n) is 6.37. The quantitative estimate of drug-likeness (QED) is 0.826. The Morgan fingerprint density at radius 3 is 2.74 bits per heavy atom. The van der Waals surface area contributed by atoms with Crippen LogP contribution in [0.1, 0.15) is 24.7 Å². The zero-order valence-electron chi connectivity index (χ0n) is 11.1. The molecule has 0 bridgehead atoms. The third-order valence-corrected chi connectivity index (χ3v) is 3.01. The molecule has 102 valence electrons. The predicted molar refractivity (Wildman–Crippen MR) is 70.8 cm³/mol. The summed E-state index contributed by atoms with van der Waals surface area (Å²) in [5.74, 6) is -0.545. The van der Waals surface area contributed by atoms with Crippen molar-refractivity contribution in [2.45, 2.75) is 26.8 Å². The fourth-order valence-electron chi connectivity index (χ4n) is 1.98. The van der Waals surface area contributed by atoms with Crippen LogP contribution in [-0.4, -0.2) is 6.54 Å². The van der Waals surface area contributed by atoms with E-state index in [0.29, 0.717) is 23.4 Å². The highest BCUT2D eigenvalue weighted by molar-refractivity contribution is 5.67. The van der Waals surface area contributed by atoms with E-state index in [4.69, 9.17) is 4.42 Å². The van der Waals surface area contributed by atoms with Gasteiger partial charge >= 0.3 is 0 Å². The molecule has 1 heterocycles. The number of benzene rings is 1. The average molecular weight is 265 g/mol. The van der Waals surface area contributed by atoms with Gasteiger partial charge in [-0.25, -0.2) is 8.78 Å². The second kappa shape index (κ2) is 5.97. The van der Waals surface area contributed by atoms with Crippen molar-refractivity contribution >= 4 is 0 Å². The number of nitrogens with one attached hydrogen (secondary N) is 1. The molecule has 0 amide bonds. The summed E-state index contributed by atoms with van der Waals surface area (Å²) in [5.41, 5.74) is 0.884. The minimum absolute atomic E-state index is 0.0120. The van der Waals surface area contributed by atoms with Crippen molar-refractivity contribution in [3.8, 4) is 11.1 Å². The third kappa shape index (κ3) is 2.84. The van der Waals surface area contributed by atoms with Gasteiger partial charge in [0.1, 0.15) is 17.4 Å². The van der Waals surface area contributed by atoms with E-state index < -0.39 is 11.6 Å². The van der Waals surface area contributed by atoms with Crippen LogP contribution in [0.3, 0.4) is 0 Å². The topological polar surface area (TPSA) is 25.2 Å². The number of rotatable bonds is 5. The van der Waals surface area contributed by atoms with Crippen molar-refractivity contribution in [1.82, 2.24) is 5.32 Å². The normalized spacial score (nSPS) is 10.9. The van der Waals surface area contributed by atoms with E-state index in [9.17, 15) is 8.78 Å². The van der Waals surface area contributed by atoms with Crippen molar-refractivity contribution in [2.75, 3.05) is 6.54 Å². The Kier molecular flexibility index (Phi) is 4.32. The number of aryl methyl sites for hydroxylation is 1. The molecule has 0 aliphatic rings. The van der Waals surface area contributed by atoms with Gasteiger partial charge in [0, 0.05) is 5.56 Å². The number of hydrogen-bond acceptors (Lipinski definition) is 2. The molecule has 0 aliphatic carbocycles. The van der Waals surface area contributed by atoms with Crippen LogP contribution in [0.25, 0.3) is 11.1 Å². The summed E-state index contributed by atoms with van der Waals surface area (Å²) in [6.07, 6.45) is 2.45. The van der Waals surface area contributed by atoms with Crippen molar-refractivity contribution in [2.24, 2.45) is 0 Å². The summed E-state index contributed by atoms with van der Waals surface area (Å²) < 4.78 is 33.3. The van der Waals surface area contributed by atoms with E-state index in [0.717, 1.165) is 13.0 Å². The molecule has 1 aromatic carbocycles. The second-order valence-corrected chi connectivity index (χ2v) is 4.49. The van der Waals surface area contributed by atoms with Crippen LogP contribution in [0.15, 0.2) is 28.9 Å². The molecule has 1 N–H and O–H groups in total. The highest BCUT2D eigenvalue weighted by atomic mass is 19.1. The van der Waals surface area contributed by atoms with E-state index in [1.165, 1.54) is 18.4 Å². The molecule has 0 radical (unpaired) electrons. The van der Waals surface area contributed by atoms with Gasteiger partial charge in [-0.2, -0.15) is 0 Å². The van der Waals surface area contributed by atoms with E-state index in [2.05, 4.69) is 12.2 Å². The van der Waals surface area contributed by atoms with Crippen LogP contribution >= 0.6 is 0 Å². The van der Waals surface area contributed by atoms with Crippen molar-refractivity contribution in [3.05, 3.63) is 47.4 Å². The molecule has 0 spiro atoms. The van der Waals surface area contributed by atoms with Crippen LogP contribution in [0.2, 0.25) is 0 Å². The third-order valence-electron chi connectivity index (χ3n) is 3.01. The highest BCUT2D eigenvalue weighted by Crippen LogP contribution is 2.31. The first-order valence-corrected chi connectivity index (χ1v) is 6.37. The molecular weight excluding hydrogens is 248 g/mol. The van der Waals surface area contributed by atoms with E-state index in [1.807, 2.05) is 0 Å². The van der Waals surface area contributed by atoms with Gasteiger partial charge in [-0.1, -0.05) is 13.0 Å². The molecule has 0 fully saturated rings. The van der Waals surface area contributed by atoms with Crippen LogP contribution in [-0.2, 0) is 6.54 Å². The van der Waals surface area contributed by atoms with Crippen LogP contribution in [0.5, 0.6) is 0 Å². The van der Waals surface area contributed by atoms with Crippen LogP contribution < -0.4 is 5.32 Å². The molecule has 0 aliphatic heterocycles. The number of furan rings is 1. The molecule has 0 unspecified atom stereocenters. The largest absolute Gasteiger partial charge is 0.467 e. The fourth-order valence-corrected chi connectivity index (χ4v) is 1.98. The first kappa shape index (κ1) is 13.7. The first-order chi connectivity index (χ1) is 9.15. The monoisotopic (exact) mass is 265 g/mol. The molecule has 4 heteroatoms. The van der Waals surface area contributed by atoms with Gasteiger partial charge in [-0.3, -0.25) is 0 Å². The lowest BCUT2D eigenvalue weighted by atomic mass is 10.0. The standard InChI is InChI=1S/C15H17F2NO/c1-3-7-18-9-13-11(6-8-19-13)14-12(16)5-4-10(2)15(14)17/h4-6,8,18H,3,7,9H2,1-2H3. The molecule has 1 aromatic heterocycles. The average Bonchev–Trinajstić information content (AvgIpc) is 2.83. The summed E-state index contributed by atoms with van der Waals surface area (Å²) >= 11 is 0. The maximum atomic E-state index is 14.1. The van der Waals surface area contributed by atoms with Crippen molar-refractivity contribution < 1.29 is 13.2 Å². The minimum atomic E-state index is -0.568. The summed E-state index contributed by atoms with van der Waals surface area (Å²) in [4.78, 5) is 0. The van der Waals surface area contributed by atoms with Gasteiger partial charge in [0.25, 0.3) is 0 Å². The van der Waals surface area contributed by atoms with Gasteiger partial charge in [-0.05, 0) is 37.6 Å². The Hall–Kier alpha value is -1.68. The lowest BCUT2D eigenvalue weighted by Crippen LogP contribution is -2.14. The Labute approximate surface area is 111 Å². The number of hydrogen-bond donors (Lipinski definition) is 1. The Morgan fingerprint density at radius 2 is 2.00 bits per heavy atom. The van der Waals surface area contributed by atoms with Gasteiger partial charge in [0.2, 0.25) is 0 Å². The molecule has 2 nitrogen and oxygen atoms in total. The maximum Gasteiger partial charge on any atom is 0.137 e.